The zero-order chi connectivity index (χ0) is 13.1. The van der Waals surface area contributed by atoms with Crippen LogP contribution in [-0.4, -0.2) is 14.9 Å². The van der Waals surface area contributed by atoms with Gasteiger partial charge < -0.3 is 4.43 Å². The topological polar surface area (TPSA) is 9.23 Å². The molecule has 0 aromatic heterocycles. The summed E-state index contributed by atoms with van der Waals surface area (Å²) in [5.74, 6) is 0.799. The molecule has 0 aromatic carbocycles. The second kappa shape index (κ2) is 10.1. The van der Waals surface area contributed by atoms with Gasteiger partial charge in [0.15, 0.2) is 8.32 Å². The molecule has 0 bridgehead atoms. The van der Waals surface area contributed by atoms with Crippen molar-refractivity contribution in [2.45, 2.75) is 84.9 Å². The highest BCUT2D eigenvalue weighted by molar-refractivity contribution is 6.69. The molecule has 0 rings (SSSR count). The van der Waals surface area contributed by atoms with Gasteiger partial charge in [0.25, 0.3) is 0 Å². The van der Waals surface area contributed by atoms with Crippen LogP contribution in [0.25, 0.3) is 0 Å². The van der Waals surface area contributed by atoms with Crippen molar-refractivity contribution in [3.63, 3.8) is 0 Å². The van der Waals surface area contributed by atoms with Crippen LogP contribution in [0.1, 0.15) is 65.2 Å². The molecule has 1 unspecified atom stereocenters. The molecule has 0 aliphatic rings. The van der Waals surface area contributed by atoms with Gasteiger partial charge in [-0.25, -0.2) is 0 Å². The highest BCUT2D eigenvalue weighted by Crippen LogP contribution is 2.17. The zero-order valence-electron chi connectivity index (χ0n) is 12.8. The first-order chi connectivity index (χ1) is 7.99. The van der Waals surface area contributed by atoms with Gasteiger partial charge in [0.1, 0.15) is 0 Å². The fourth-order valence-electron chi connectivity index (χ4n) is 1.99. The second-order valence-corrected chi connectivity index (χ2v) is 10.8. The van der Waals surface area contributed by atoms with Crippen LogP contribution in [0.4, 0.5) is 0 Å². The van der Waals surface area contributed by atoms with Gasteiger partial charge in [-0.05, 0) is 32.0 Å². The maximum atomic E-state index is 6.02. The predicted molar refractivity (Wildman–Crippen MR) is 81.1 cm³/mol. The molecule has 0 fully saturated rings. The highest BCUT2D eigenvalue weighted by atomic mass is 28.4. The van der Waals surface area contributed by atoms with Gasteiger partial charge in [0.05, 0.1) is 0 Å². The standard InChI is InChI=1S/C15H34OSi/c1-6-8-9-10-11-12-13-15(7-2)14-16-17(3,4)5/h15H,6-14H2,1-5H3. The van der Waals surface area contributed by atoms with Crippen molar-refractivity contribution in [1.29, 1.82) is 0 Å². The molecule has 0 amide bonds. The summed E-state index contributed by atoms with van der Waals surface area (Å²) in [4.78, 5) is 0. The number of unbranched alkanes of at least 4 members (excludes halogenated alkanes) is 5. The molecular formula is C15H34OSi. The lowest BCUT2D eigenvalue weighted by Gasteiger charge is -2.22. The number of rotatable bonds is 11. The van der Waals surface area contributed by atoms with Crippen molar-refractivity contribution in [3.05, 3.63) is 0 Å². The van der Waals surface area contributed by atoms with Crippen LogP contribution in [0.15, 0.2) is 0 Å². The van der Waals surface area contributed by atoms with Crippen molar-refractivity contribution in [2.24, 2.45) is 5.92 Å². The molecule has 17 heavy (non-hydrogen) atoms. The average molecular weight is 259 g/mol. The third-order valence-corrected chi connectivity index (χ3v) is 4.33. The Hall–Kier alpha value is 0.177. The molecule has 1 atom stereocenters. The Kier molecular flexibility index (Phi) is 10.2. The Morgan fingerprint density at radius 2 is 1.47 bits per heavy atom. The van der Waals surface area contributed by atoms with Crippen LogP contribution in [0.3, 0.4) is 0 Å². The first-order valence-corrected chi connectivity index (χ1v) is 11.0. The summed E-state index contributed by atoms with van der Waals surface area (Å²) >= 11 is 0. The maximum absolute atomic E-state index is 6.02. The number of hydrogen-bond donors (Lipinski definition) is 0. The Morgan fingerprint density at radius 3 is 2.00 bits per heavy atom. The molecule has 0 saturated heterocycles. The fraction of sp³-hybridized carbons (Fsp3) is 1.00. The Balaban J connectivity index is 3.48. The van der Waals surface area contributed by atoms with E-state index < -0.39 is 8.32 Å². The smallest absolute Gasteiger partial charge is 0.183 e. The monoisotopic (exact) mass is 258 g/mol. The largest absolute Gasteiger partial charge is 0.417 e. The third-order valence-electron chi connectivity index (χ3n) is 3.30. The van der Waals surface area contributed by atoms with E-state index in [1.54, 1.807) is 0 Å². The van der Waals surface area contributed by atoms with Crippen molar-refractivity contribution in [2.75, 3.05) is 6.61 Å². The minimum atomic E-state index is -1.30. The van der Waals surface area contributed by atoms with Crippen LogP contribution < -0.4 is 0 Å². The van der Waals surface area contributed by atoms with E-state index in [1.807, 2.05) is 0 Å². The molecule has 0 aliphatic carbocycles. The lowest BCUT2D eigenvalue weighted by molar-refractivity contribution is 0.226. The molecule has 2 heteroatoms. The van der Waals surface area contributed by atoms with Crippen LogP contribution >= 0.6 is 0 Å². The second-order valence-electron chi connectivity index (χ2n) is 6.25. The lowest BCUT2D eigenvalue weighted by Crippen LogP contribution is -2.28. The van der Waals surface area contributed by atoms with Crippen molar-refractivity contribution in [1.82, 2.24) is 0 Å². The van der Waals surface area contributed by atoms with Crippen LogP contribution in [0.2, 0.25) is 19.6 Å². The maximum Gasteiger partial charge on any atom is 0.183 e. The lowest BCUT2D eigenvalue weighted by atomic mass is 9.99. The van der Waals surface area contributed by atoms with E-state index in [2.05, 4.69) is 33.5 Å². The summed E-state index contributed by atoms with van der Waals surface area (Å²) in [6.07, 6.45) is 11.1. The molecule has 104 valence electrons. The molecule has 0 radical (unpaired) electrons. The van der Waals surface area contributed by atoms with E-state index in [4.69, 9.17) is 4.43 Å². The van der Waals surface area contributed by atoms with Crippen molar-refractivity contribution < 1.29 is 4.43 Å². The first-order valence-electron chi connectivity index (χ1n) is 7.63. The summed E-state index contributed by atoms with van der Waals surface area (Å²) in [7, 11) is -1.30. The molecular weight excluding hydrogens is 224 g/mol. The average Bonchev–Trinajstić information content (AvgIpc) is 2.26. The quantitative estimate of drug-likeness (QED) is 0.345. The Morgan fingerprint density at radius 1 is 0.882 bits per heavy atom. The van der Waals surface area contributed by atoms with Crippen LogP contribution in [-0.2, 0) is 4.43 Å². The highest BCUT2D eigenvalue weighted by Gasteiger charge is 2.16. The van der Waals surface area contributed by atoms with Crippen LogP contribution in [0, 0.1) is 5.92 Å². The summed E-state index contributed by atoms with van der Waals surface area (Å²) < 4.78 is 6.02. The minimum Gasteiger partial charge on any atom is -0.417 e. The summed E-state index contributed by atoms with van der Waals surface area (Å²) in [6.45, 7) is 12.4. The normalized spacial score (nSPS) is 13.9. The van der Waals surface area contributed by atoms with E-state index in [9.17, 15) is 0 Å². The van der Waals surface area contributed by atoms with E-state index in [0.717, 1.165) is 12.5 Å². The molecule has 0 heterocycles. The van der Waals surface area contributed by atoms with E-state index in [1.165, 1.54) is 51.4 Å². The van der Waals surface area contributed by atoms with Crippen LogP contribution in [0.5, 0.6) is 0 Å². The van der Waals surface area contributed by atoms with Gasteiger partial charge in [-0.2, -0.15) is 0 Å². The van der Waals surface area contributed by atoms with Gasteiger partial charge in [-0.15, -0.1) is 0 Å². The van der Waals surface area contributed by atoms with Crippen molar-refractivity contribution >= 4 is 8.32 Å². The first kappa shape index (κ1) is 17.2. The summed E-state index contributed by atoms with van der Waals surface area (Å²) in [6, 6.07) is 0. The van der Waals surface area contributed by atoms with Gasteiger partial charge in [-0.3, -0.25) is 0 Å². The SMILES string of the molecule is CCCCCCCCC(CC)CO[Si](C)(C)C. The van der Waals surface area contributed by atoms with Gasteiger partial charge in [-0.1, -0.05) is 58.8 Å². The zero-order valence-corrected chi connectivity index (χ0v) is 13.8. The molecule has 0 N–H and O–H groups in total. The molecule has 1 nitrogen and oxygen atoms in total. The minimum absolute atomic E-state index is 0.799. The number of hydrogen-bond acceptors (Lipinski definition) is 1. The van der Waals surface area contributed by atoms with Crippen molar-refractivity contribution in [3.8, 4) is 0 Å². The predicted octanol–water partition coefficient (Wildman–Crippen LogP) is 5.61. The Labute approximate surface area is 110 Å². The van der Waals surface area contributed by atoms with Gasteiger partial charge in [0, 0.05) is 6.61 Å². The summed E-state index contributed by atoms with van der Waals surface area (Å²) in [5.41, 5.74) is 0. The van der Waals surface area contributed by atoms with Gasteiger partial charge >= 0.3 is 0 Å². The Bertz CT molecular complexity index is 163. The van der Waals surface area contributed by atoms with E-state index in [-0.39, 0.29) is 0 Å². The fourth-order valence-corrected chi connectivity index (χ4v) is 2.72. The molecule has 0 spiro atoms. The van der Waals surface area contributed by atoms with Gasteiger partial charge in [0.2, 0.25) is 0 Å². The molecule has 0 aromatic rings. The summed E-state index contributed by atoms with van der Waals surface area (Å²) in [5, 5.41) is 0. The molecule has 0 aliphatic heterocycles. The van der Waals surface area contributed by atoms with E-state index >= 15 is 0 Å². The van der Waals surface area contributed by atoms with E-state index in [0.29, 0.717) is 0 Å². The molecule has 0 saturated carbocycles. The third kappa shape index (κ3) is 12.4.